The van der Waals surface area contributed by atoms with E-state index in [0.29, 0.717) is 24.7 Å². The van der Waals surface area contributed by atoms with Gasteiger partial charge in [0.1, 0.15) is 6.10 Å². The fourth-order valence-electron chi connectivity index (χ4n) is 4.57. The molecule has 0 spiro atoms. The Morgan fingerprint density at radius 1 is 1.00 bits per heavy atom. The summed E-state index contributed by atoms with van der Waals surface area (Å²) >= 11 is 0. The van der Waals surface area contributed by atoms with E-state index in [1.807, 2.05) is 29.2 Å². The maximum absolute atomic E-state index is 12.5. The van der Waals surface area contributed by atoms with Crippen LogP contribution in [-0.2, 0) is 4.74 Å². The largest absolute Gasteiger partial charge is 0.467 e. The summed E-state index contributed by atoms with van der Waals surface area (Å²) in [6.45, 7) is 3.15. The summed E-state index contributed by atoms with van der Waals surface area (Å²) < 4.78 is 15.7. The summed E-state index contributed by atoms with van der Waals surface area (Å²) in [6, 6.07) is 13.4. The van der Waals surface area contributed by atoms with E-state index >= 15 is 0 Å². The van der Waals surface area contributed by atoms with E-state index < -0.39 is 23.0 Å². The van der Waals surface area contributed by atoms with Gasteiger partial charge in [-0.3, -0.25) is 19.8 Å². The van der Waals surface area contributed by atoms with Crippen molar-refractivity contribution in [2.24, 2.45) is 0 Å². The number of benzene rings is 2. The predicted octanol–water partition coefficient (Wildman–Crippen LogP) is 1.88. The lowest BCUT2D eigenvalue weighted by Gasteiger charge is -2.36. The van der Waals surface area contributed by atoms with Gasteiger partial charge in [-0.2, -0.15) is 9.97 Å². The molecule has 1 unspecified atom stereocenters. The third-order valence-electron chi connectivity index (χ3n) is 6.72. The molecule has 2 aromatic carbocycles. The van der Waals surface area contributed by atoms with E-state index in [2.05, 4.69) is 25.2 Å². The van der Waals surface area contributed by atoms with Gasteiger partial charge in [-0.1, -0.05) is 6.07 Å². The number of nitrogens with one attached hydrogen (secondary N) is 1. The van der Waals surface area contributed by atoms with E-state index in [0.717, 1.165) is 18.8 Å². The summed E-state index contributed by atoms with van der Waals surface area (Å²) in [6.07, 6.45) is -1.07. The van der Waals surface area contributed by atoms with Gasteiger partial charge in [0.25, 0.3) is 11.6 Å². The van der Waals surface area contributed by atoms with Gasteiger partial charge in [-0.25, -0.2) is 4.79 Å². The molecular weight excluding hydrogens is 536 g/mol. The Labute approximate surface area is 234 Å². The number of nitro benzene ring substituents is 1. The average Bonchev–Trinajstić information content (AvgIpc) is 3.39. The molecule has 2 saturated heterocycles. The molecule has 2 aliphatic heterocycles. The van der Waals surface area contributed by atoms with Crippen molar-refractivity contribution < 1.29 is 28.7 Å². The van der Waals surface area contributed by atoms with Crippen LogP contribution >= 0.6 is 0 Å². The van der Waals surface area contributed by atoms with Gasteiger partial charge < -0.3 is 29.3 Å². The SMILES string of the molecule is COc1nc(OC)nc(N2CCN(c3ccc(N4CC(CNC(=O)c5cccc([N+](=O)[O-])c5)OC4=O)cc3)CC2)n1. The Kier molecular flexibility index (Phi) is 7.94. The van der Waals surface area contributed by atoms with Gasteiger partial charge in [0.15, 0.2) is 0 Å². The number of piperazine rings is 1. The number of non-ortho nitro benzene ring substituents is 1. The van der Waals surface area contributed by atoms with Crippen LogP contribution in [0.15, 0.2) is 48.5 Å². The number of rotatable bonds is 9. The lowest BCUT2D eigenvalue weighted by Crippen LogP contribution is -2.47. The Morgan fingerprint density at radius 3 is 2.27 bits per heavy atom. The van der Waals surface area contributed by atoms with E-state index in [1.54, 1.807) is 0 Å². The van der Waals surface area contributed by atoms with Crippen molar-refractivity contribution >= 4 is 35.0 Å². The Bertz CT molecular complexity index is 1410. The zero-order chi connectivity index (χ0) is 28.9. The number of anilines is 3. The van der Waals surface area contributed by atoms with Crippen LogP contribution in [0.1, 0.15) is 10.4 Å². The molecule has 5 rings (SSSR count). The number of hydrogen-bond acceptors (Lipinski definition) is 12. The molecule has 0 saturated carbocycles. The third kappa shape index (κ3) is 6.18. The number of amides is 2. The second kappa shape index (κ2) is 11.9. The predicted molar refractivity (Wildman–Crippen MR) is 147 cm³/mol. The highest BCUT2D eigenvalue weighted by atomic mass is 16.6. The fraction of sp³-hybridized carbons (Fsp3) is 0.346. The minimum absolute atomic E-state index is 0.0745. The molecule has 1 N–H and O–H groups in total. The van der Waals surface area contributed by atoms with Crippen molar-refractivity contribution in [2.45, 2.75) is 6.10 Å². The standard InChI is InChI=1S/C26H28N8O7/c1-39-24-28-23(29-25(30-24)40-2)32-12-10-31(11-13-32)18-6-8-19(9-7-18)33-16-21(41-26(33)36)15-27-22(35)17-4-3-5-20(14-17)34(37)38/h3-9,14,21H,10-13,15-16H2,1-2H3,(H,27,35). The molecule has 41 heavy (non-hydrogen) atoms. The average molecular weight is 565 g/mol. The Balaban J connectivity index is 1.14. The number of hydrogen-bond donors (Lipinski definition) is 1. The summed E-state index contributed by atoms with van der Waals surface area (Å²) in [4.78, 5) is 53.8. The van der Waals surface area contributed by atoms with Crippen molar-refractivity contribution in [1.29, 1.82) is 0 Å². The molecule has 0 aliphatic carbocycles. The van der Waals surface area contributed by atoms with Gasteiger partial charge in [0, 0.05) is 55.2 Å². The normalized spacial score (nSPS) is 16.8. The summed E-state index contributed by atoms with van der Waals surface area (Å²) in [5.41, 5.74) is 1.66. The maximum atomic E-state index is 12.5. The molecule has 15 heteroatoms. The van der Waals surface area contributed by atoms with Crippen molar-refractivity contribution in [3.8, 4) is 12.0 Å². The molecule has 3 aromatic rings. The molecule has 0 radical (unpaired) electrons. The van der Waals surface area contributed by atoms with Crippen LogP contribution in [0.2, 0.25) is 0 Å². The number of cyclic esters (lactones) is 1. The summed E-state index contributed by atoms with van der Waals surface area (Å²) in [5, 5.41) is 13.6. The van der Waals surface area contributed by atoms with Gasteiger partial charge in [0.05, 0.1) is 32.2 Å². The number of nitro groups is 1. The highest BCUT2D eigenvalue weighted by molar-refractivity contribution is 5.95. The fourth-order valence-corrected chi connectivity index (χ4v) is 4.57. The highest BCUT2D eigenvalue weighted by Crippen LogP contribution is 2.26. The topological polar surface area (TPSA) is 165 Å². The summed E-state index contributed by atoms with van der Waals surface area (Å²) in [7, 11) is 2.98. The molecule has 0 bridgehead atoms. The molecule has 2 fully saturated rings. The number of aromatic nitrogens is 3. The second-order valence-electron chi connectivity index (χ2n) is 9.23. The van der Waals surface area contributed by atoms with Crippen molar-refractivity contribution in [3.05, 3.63) is 64.2 Å². The van der Waals surface area contributed by atoms with Crippen LogP contribution in [0.4, 0.5) is 27.8 Å². The maximum Gasteiger partial charge on any atom is 0.414 e. The number of methoxy groups -OCH3 is 2. The molecule has 1 atom stereocenters. The minimum Gasteiger partial charge on any atom is -0.467 e. The Hall–Kier alpha value is -5.21. The van der Waals surface area contributed by atoms with Crippen LogP contribution in [0.25, 0.3) is 0 Å². The van der Waals surface area contributed by atoms with Crippen molar-refractivity contribution in [3.63, 3.8) is 0 Å². The number of carbonyl (C=O) groups excluding carboxylic acids is 2. The zero-order valence-electron chi connectivity index (χ0n) is 22.4. The number of carbonyl (C=O) groups is 2. The molecule has 1 aromatic heterocycles. The van der Waals surface area contributed by atoms with Crippen LogP contribution in [-0.4, -0.2) is 91.5 Å². The van der Waals surface area contributed by atoms with Crippen LogP contribution in [0.3, 0.4) is 0 Å². The van der Waals surface area contributed by atoms with E-state index in [9.17, 15) is 19.7 Å². The van der Waals surface area contributed by atoms with Crippen LogP contribution < -0.4 is 29.5 Å². The number of nitrogens with zero attached hydrogens (tertiary/aromatic N) is 7. The first-order valence-electron chi connectivity index (χ1n) is 12.8. The molecule has 2 amide bonds. The van der Waals surface area contributed by atoms with Crippen LogP contribution in [0, 0.1) is 10.1 Å². The van der Waals surface area contributed by atoms with Gasteiger partial charge in [-0.05, 0) is 30.3 Å². The molecular formula is C26H28N8O7. The first kappa shape index (κ1) is 27.4. The smallest absolute Gasteiger partial charge is 0.414 e. The zero-order valence-corrected chi connectivity index (χ0v) is 22.4. The van der Waals surface area contributed by atoms with E-state index in [1.165, 1.54) is 43.4 Å². The van der Waals surface area contributed by atoms with Crippen LogP contribution in [0.5, 0.6) is 12.0 Å². The summed E-state index contributed by atoms with van der Waals surface area (Å²) in [5.74, 6) is 0.00786. The number of ether oxygens (including phenoxy) is 3. The lowest BCUT2D eigenvalue weighted by atomic mass is 10.2. The molecule has 3 heterocycles. The quantitative estimate of drug-likeness (QED) is 0.297. The van der Waals surface area contributed by atoms with Gasteiger partial charge in [0.2, 0.25) is 5.95 Å². The van der Waals surface area contributed by atoms with Gasteiger partial charge >= 0.3 is 18.1 Å². The first-order valence-corrected chi connectivity index (χ1v) is 12.8. The van der Waals surface area contributed by atoms with E-state index in [-0.39, 0.29) is 36.4 Å². The third-order valence-corrected chi connectivity index (χ3v) is 6.72. The molecule has 214 valence electrons. The highest BCUT2D eigenvalue weighted by Gasteiger charge is 2.33. The minimum atomic E-state index is -0.564. The molecule has 15 nitrogen and oxygen atoms in total. The monoisotopic (exact) mass is 564 g/mol. The first-order chi connectivity index (χ1) is 19.8. The van der Waals surface area contributed by atoms with E-state index in [4.69, 9.17) is 14.2 Å². The van der Waals surface area contributed by atoms with Gasteiger partial charge in [-0.15, -0.1) is 4.98 Å². The molecule has 2 aliphatic rings. The Morgan fingerprint density at radius 2 is 1.63 bits per heavy atom. The van der Waals surface area contributed by atoms with Crippen molar-refractivity contribution in [1.82, 2.24) is 20.3 Å². The lowest BCUT2D eigenvalue weighted by molar-refractivity contribution is -0.384. The second-order valence-corrected chi connectivity index (χ2v) is 9.23. The van der Waals surface area contributed by atoms with Crippen molar-refractivity contribution in [2.75, 3.05) is 68.2 Å².